The number of halogens is 1. The van der Waals surface area contributed by atoms with Crippen LogP contribution in [0.15, 0.2) is 24.3 Å². The van der Waals surface area contributed by atoms with E-state index in [9.17, 15) is 0 Å². The molecule has 1 aliphatic carbocycles. The Hall–Kier alpha value is -0.530. The van der Waals surface area contributed by atoms with Gasteiger partial charge in [-0.15, -0.1) is 0 Å². The maximum Gasteiger partial charge on any atom is 0.0408 e. The molecule has 100 valence electrons. The normalized spacial score (nSPS) is 28.6. The van der Waals surface area contributed by atoms with Crippen LogP contribution in [0.3, 0.4) is 0 Å². The van der Waals surface area contributed by atoms with E-state index < -0.39 is 0 Å². The highest BCUT2D eigenvalue weighted by Gasteiger charge is 2.33. The van der Waals surface area contributed by atoms with Crippen LogP contribution in [0.25, 0.3) is 0 Å². The zero-order valence-electron chi connectivity index (χ0n) is 11.5. The molecule has 0 spiro atoms. The number of rotatable bonds is 3. The average Bonchev–Trinajstić information content (AvgIpc) is 2.28. The van der Waals surface area contributed by atoms with Crippen molar-refractivity contribution in [3.8, 4) is 0 Å². The molecule has 2 N–H and O–H groups in total. The Labute approximate surface area is 116 Å². The second-order valence-electron chi connectivity index (χ2n) is 6.27. The molecular formula is C16H24ClN. The summed E-state index contributed by atoms with van der Waals surface area (Å²) in [6.45, 7) is 4.63. The van der Waals surface area contributed by atoms with Crippen LogP contribution in [0, 0.1) is 11.8 Å². The lowest BCUT2D eigenvalue weighted by molar-refractivity contribution is 0.182. The highest BCUT2D eigenvalue weighted by molar-refractivity contribution is 6.30. The SMILES string of the molecule is CC(C)C1CCCC(N)(Cc2cccc(Cl)c2)C1. The van der Waals surface area contributed by atoms with Crippen LogP contribution < -0.4 is 5.73 Å². The second kappa shape index (κ2) is 5.63. The minimum absolute atomic E-state index is 0.0299. The summed E-state index contributed by atoms with van der Waals surface area (Å²) in [7, 11) is 0. The topological polar surface area (TPSA) is 26.0 Å². The number of hydrogen-bond acceptors (Lipinski definition) is 1. The molecule has 2 rings (SSSR count). The van der Waals surface area contributed by atoms with Crippen molar-refractivity contribution in [1.82, 2.24) is 0 Å². The Kier molecular flexibility index (Phi) is 4.34. The van der Waals surface area contributed by atoms with Gasteiger partial charge in [0.25, 0.3) is 0 Å². The van der Waals surface area contributed by atoms with E-state index in [4.69, 9.17) is 17.3 Å². The van der Waals surface area contributed by atoms with Crippen LogP contribution in [0.5, 0.6) is 0 Å². The molecule has 0 amide bonds. The standard InChI is InChI=1S/C16H24ClN/c1-12(2)14-6-4-8-16(18,11-14)10-13-5-3-7-15(17)9-13/h3,5,7,9,12,14H,4,6,8,10-11,18H2,1-2H3. The summed E-state index contributed by atoms with van der Waals surface area (Å²) >= 11 is 6.05. The summed E-state index contributed by atoms with van der Waals surface area (Å²) in [5.74, 6) is 1.52. The Morgan fingerprint density at radius 1 is 1.44 bits per heavy atom. The molecule has 0 aromatic heterocycles. The molecule has 2 atom stereocenters. The van der Waals surface area contributed by atoms with Gasteiger partial charge in [0.1, 0.15) is 0 Å². The fourth-order valence-corrected chi connectivity index (χ4v) is 3.44. The average molecular weight is 266 g/mol. The molecule has 18 heavy (non-hydrogen) atoms. The van der Waals surface area contributed by atoms with Crippen LogP contribution >= 0.6 is 11.6 Å². The van der Waals surface area contributed by atoms with Crippen LogP contribution in [-0.4, -0.2) is 5.54 Å². The summed E-state index contributed by atoms with van der Waals surface area (Å²) in [4.78, 5) is 0. The fraction of sp³-hybridized carbons (Fsp3) is 0.625. The molecule has 1 aromatic rings. The molecule has 2 heteroatoms. The third-order valence-corrected chi connectivity index (χ3v) is 4.54. The van der Waals surface area contributed by atoms with E-state index in [2.05, 4.69) is 26.0 Å². The third kappa shape index (κ3) is 3.49. The molecule has 1 aromatic carbocycles. The molecule has 0 bridgehead atoms. The van der Waals surface area contributed by atoms with Crippen LogP contribution in [0.1, 0.15) is 45.1 Å². The van der Waals surface area contributed by atoms with Gasteiger partial charge in [-0.3, -0.25) is 0 Å². The minimum Gasteiger partial charge on any atom is -0.325 e. The lowest BCUT2D eigenvalue weighted by Gasteiger charge is -2.40. The van der Waals surface area contributed by atoms with Crippen LogP contribution in [-0.2, 0) is 6.42 Å². The molecule has 0 saturated heterocycles. The predicted octanol–water partition coefficient (Wildman–Crippen LogP) is 4.43. The zero-order chi connectivity index (χ0) is 13.2. The molecule has 0 radical (unpaired) electrons. The Bertz CT molecular complexity index is 402. The molecular weight excluding hydrogens is 242 g/mol. The van der Waals surface area contributed by atoms with Crippen molar-refractivity contribution in [2.24, 2.45) is 17.6 Å². The first-order chi connectivity index (χ1) is 8.48. The molecule has 0 aliphatic heterocycles. The van der Waals surface area contributed by atoms with E-state index in [1.165, 1.54) is 18.4 Å². The molecule has 2 unspecified atom stereocenters. The quantitative estimate of drug-likeness (QED) is 0.860. The smallest absolute Gasteiger partial charge is 0.0408 e. The molecule has 1 saturated carbocycles. The minimum atomic E-state index is -0.0299. The highest BCUT2D eigenvalue weighted by atomic mass is 35.5. The van der Waals surface area contributed by atoms with Gasteiger partial charge in [0, 0.05) is 10.6 Å². The largest absolute Gasteiger partial charge is 0.325 e. The van der Waals surface area contributed by atoms with E-state index in [0.717, 1.165) is 36.1 Å². The first kappa shape index (κ1) is 13.9. The third-order valence-electron chi connectivity index (χ3n) is 4.31. The van der Waals surface area contributed by atoms with Gasteiger partial charge in [0.05, 0.1) is 0 Å². The Balaban J connectivity index is 2.07. The number of nitrogens with two attached hydrogens (primary N) is 1. The summed E-state index contributed by atoms with van der Waals surface area (Å²) in [5.41, 5.74) is 7.87. The van der Waals surface area contributed by atoms with E-state index >= 15 is 0 Å². The van der Waals surface area contributed by atoms with Crippen molar-refractivity contribution < 1.29 is 0 Å². The summed E-state index contributed by atoms with van der Waals surface area (Å²) in [5, 5.41) is 0.812. The van der Waals surface area contributed by atoms with Crippen molar-refractivity contribution in [2.45, 2.75) is 51.5 Å². The van der Waals surface area contributed by atoms with Gasteiger partial charge < -0.3 is 5.73 Å². The number of benzene rings is 1. The maximum atomic E-state index is 6.63. The van der Waals surface area contributed by atoms with E-state index in [1.807, 2.05) is 12.1 Å². The van der Waals surface area contributed by atoms with Crippen molar-refractivity contribution in [2.75, 3.05) is 0 Å². The lowest BCUT2D eigenvalue weighted by atomic mass is 9.70. The van der Waals surface area contributed by atoms with Gasteiger partial charge in [0.2, 0.25) is 0 Å². The summed E-state index contributed by atoms with van der Waals surface area (Å²) < 4.78 is 0. The molecule has 1 aliphatic rings. The number of hydrogen-bond donors (Lipinski definition) is 1. The summed E-state index contributed by atoms with van der Waals surface area (Å²) in [6, 6.07) is 8.13. The highest BCUT2D eigenvalue weighted by Crippen LogP contribution is 2.36. The summed E-state index contributed by atoms with van der Waals surface area (Å²) in [6.07, 6.45) is 5.85. The van der Waals surface area contributed by atoms with E-state index in [1.54, 1.807) is 0 Å². The van der Waals surface area contributed by atoms with Gasteiger partial charge >= 0.3 is 0 Å². The van der Waals surface area contributed by atoms with E-state index in [-0.39, 0.29) is 5.54 Å². The molecule has 1 fully saturated rings. The molecule has 0 heterocycles. The Morgan fingerprint density at radius 3 is 2.89 bits per heavy atom. The van der Waals surface area contributed by atoms with Crippen molar-refractivity contribution >= 4 is 11.6 Å². The van der Waals surface area contributed by atoms with Gasteiger partial charge in [-0.05, 0) is 48.8 Å². The lowest BCUT2D eigenvalue weighted by Crippen LogP contribution is -2.47. The predicted molar refractivity (Wildman–Crippen MR) is 78.9 cm³/mol. The molecule has 1 nitrogen and oxygen atoms in total. The maximum absolute atomic E-state index is 6.63. The van der Waals surface area contributed by atoms with E-state index in [0.29, 0.717) is 0 Å². The van der Waals surface area contributed by atoms with Crippen molar-refractivity contribution in [3.05, 3.63) is 34.9 Å². The fourth-order valence-electron chi connectivity index (χ4n) is 3.23. The Morgan fingerprint density at radius 2 is 2.22 bits per heavy atom. The van der Waals surface area contributed by atoms with Gasteiger partial charge in [-0.1, -0.05) is 50.4 Å². The van der Waals surface area contributed by atoms with Gasteiger partial charge in [-0.25, -0.2) is 0 Å². The van der Waals surface area contributed by atoms with Crippen LogP contribution in [0.2, 0.25) is 5.02 Å². The van der Waals surface area contributed by atoms with Crippen molar-refractivity contribution in [3.63, 3.8) is 0 Å². The van der Waals surface area contributed by atoms with Gasteiger partial charge in [-0.2, -0.15) is 0 Å². The zero-order valence-corrected chi connectivity index (χ0v) is 12.2. The van der Waals surface area contributed by atoms with Gasteiger partial charge in [0.15, 0.2) is 0 Å². The van der Waals surface area contributed by atoms with Crippen LogP contribution in [0.4, 0.5) is 0 Å². The second-order valence-corrected chi connectivity index (χ2v) is 6.71. The first-order valence-corrected chi connectivity index (χ1v) is 7.40. The van der Waals surface area contributed by atoms with Crippen molar-refractivity contribution in [1.29, 1.82) is 0 Å². The monoisotopic (exact) mass is 265 g/mol. The first-order valence-electron chi connectivity index (χ1n) is 7.02.